The molecule has 8 aromatic rings. The molecule has 17 nitrogen and oxygen atoms in total. The lowest BCUT2D eigenvalue weighted by Crippen LogP contribution is -2.29. The first kappa shape index (κ1) is 37.1. The maximum absolute atomic E-state index is 11.5. The summed E-state index contributed by atoms with van der Waals surface area (Å²) in [6.07, 6.45) is 0. The van der Waals surface area contributed by atoms with Crippen molar-refractivity contribution in [2.75, 3.05) is 0 Å². The lowest BCUT2D eigenvalue weighted by atomic mass is 10.1. The number of carboxylic acid groups (broad SMARTS) is 1. The van der Waals surface area contributed by atoms with Crippen LogP contribution in [0.1, 0.15) is 51.9 Å². The Morgan fingerprint density at radius 3 is 1.17 bits per heavy atom. The van der Waals surface area contributed by atoms with Crippen molar-refractivity contribution in [1.82, 2.24) is 39.9 Å². The Morgan fingerprint density at radius 1 is 0.446 bits per heavy atom. The number of nitrogens with one attached hydrogen (secondary N) is 2. The second-order valence-electron chi connectivity index (χ2n) is 17.6. The fourth-order valence-electron chi connectivity index (χ4n) is 8.78. The predicted molar refractivity (Wildman–Crippen MR) is 236 cm³/mol. The number of aromatic amines is 2. The van der Waals surface area contributed by atoms with Crippen molar-refractivity contribution in [1.29, 1.82) is 0 Å². The van der Waals surface area contributed by atoms with Crippen LogP contribution in [-0.4, -0.2) is 68.3 Å². The van der Waals surface area contributed by atoms with Gasteiger partial charge in [0.1, 0.15) is 34.1 Å². The van der Waals surface area contributed by atoms with E-state index in [0.717, 1.165) is 0 Å². The molecule has 13 rings (SSSR count). The van der Waals surface area contributed by atoms with E-state index in [9.17, 15) is 9.90 Å². The van der Waals surface area contributed by atoms with Gasteiger partial charge >= 0.3 is 5.97 Å². The van der Waals surface area contributed by atoms with Crippen LogP contribution in [0.15, 0.2) is 78.9 Å². The summed E-state index contributed by atoms with van der Waals surface area (Å²) < 4.78 is 43.4. The van der Waals surface area contributed by atoms with Gasteiger partial charge in [-0.05, 0) is 78.9 Å². The molecule has 0 spiro atoms. The van der Waals surface area contributed by atoms with Crippen LogP contribution in [0, 0.1) is 0 Å². The first-order valence-corrected chi connectivity index (χ1v) is 20.7. The van der Waals surface area contributed by atoms with E-state index in [-0.39, 0.29) is 5.56 Å². The lowest BCUT2D eigenvalue weighted by molar-refractivity contribution is -0.0437. The van der Waals surface area contributed by atoms with Crippen molar-refractivity contribution < 1.29 is 43.1 Å². The molecule has 320 valence electrons. The van der Waals surface area contributed by atoms with Gasteiger partial charge in [0.25, 0.3) is 0 Å². The molecule has 65 heavy (non-hydrogen) atoms. The molecule has 0 atom stereocenters. The van der Waals surface area contributed by atoms with Crippen LogP contribution in [0.2, 0.25) is 0 Å². The summed E-state index contributed by atoms with van der Waals surface area (Å²) in [5.41, 5.74) is 4.60. The topological polar surface area (TPSA) is 211 Å². The van der Waals surface area contributed by atoms with Gasteiger partial charge in [0.2, 0.25) is 17.4 Å². The van der Waals surface area contributed by atoms with Gasteiger partial charge in [0.05, 0.1) is 5.56 Å². The molecule has 0 aliphatic carbocycles. The highest BCUT2D eigenvalue weighted by molar-refractivity contribution is 6.08. The summed E-state index contributed by atoms with van der Waals surface area (Å²) in [7, 11) is 0. The summed E-state index contributed by atoms with van der Waals surface area (Å²) in [6.45, 7) is 11.1. The van der Waals surface area contributed by atoms with Gasteiger partial charge in [-0.1, -0.05) is 0 Å². The molecule has 0 saturated heterocycles. The molecule has 8 heterocycles. The quantitative estimate of drug-likeness (QED) is 0.151. The monoisotopic (exact) mass is 866 g/mol. The highest BCUT2D eigenvalue weighted by Gasteiger charge is 2.37. The van der Waals surface area contributed by atoms with Crippen LogP contribution < -0.4 is 33.2 Å². The lowest BCUT2D eigenvalue weighted by Gasteiger charge is -2.16. The molecular formula is C48H34N8O9. The molecule has 3 aromatic heterocycles. The average molecular weight is 867 g/mol. The van der Waals surface area contributed by atoms with Gasteiger partial charge in [-0.2, -0.15) is 0 Å². The van der Waals surface area contributed by atoms with E-state index >= 15 is 0 Å². The Morgan fingerprint density at radius 2 is 0.785 bits per heavy atom. The van der Waals surface area contributed by atoms with Crippen LogP contribution in [0.3, 0.4) is 0 Å². The molecule has 17 heteroatoms. The van der Waals surface area contributed by atoms with Gasteiger partial charge in [-0.3, -0.25) is 0 Å². The van der Waals surface area contributed by atoms with Gasteiger partial charge in [-0.15, -0.1) is 0 Å². The highest BCUT2D eigenvalue weighted by atomic mass is 16.7. The van der Waals surface area contributed by atoms with E-state index < -0.39 is 23.3 Å². The van der Waals surface area contributed by atoms with E-state index in [1.807, 2.05) is 90.1 Å². The number of carbonyl (C=O) groups is 1. The summed E-state index contributed by atoms with van der Waals surface area (Å²) in [5.74, 6) is 1.94. The smallest absolute Gasteiger partial charge is 0.335 e. The molecule has 5 aliphatic heterocycles. The van der Waals surface area contributed by atoms with Crippen molar-refractivity contribution in [3.63, 3.8) is 0 Å². The summed E-state index contributed by atoms with van der Waals surface area (Å²) in [4.78, 5) is 49.3. The van der Waals surface area contributed by atoms with Crippen molar-refractivity contribution in [2.24, 2.45) is 0 Å². The Balaban J connectivity index is 1.11. The number of hydrogen-bond acceptors (Lipinski definition) is 14. The van der Waals surface area contributed by atoms with Crippen molar-refractivity contribution in [3.8, 4) is 91.5 Å². The molecule has 5 aromatic carbocycles. The normalized spacial score (nSPS) is 16.2. The molecule has 8 bridgehead atoms. The number of hydrogen-bond donors (Lipinski definition) is 3. The second kappa shape index (κ2) is 12.4. The number of fused-ring (bicyclic) bond motifs is 23. The summed E-state index contributed by atoms with van der Waals surface area (Å²) in [6, 6.07) is 23.0. The van der Waals surface area contributed by atoms with Gasteiger partial charge < -0.3 is 48.2 Å². The zero-order chi connectivity index (χ0) is 44.3. The molecule has 3 N–H and O–H groups in total. The van der Waals surface area contributed by atoms with Crippen LogP contribution in [0.5, 0.6) is 46.0 Å². The van der Waals surface area contributed by atoms with Gasteiger partial charge in [0.15, 0.2) is 57.8 Å². The number of rotatable bonds is 3. The van der Waals surface area contributed by atoms with E-state index in [1.54, 1.807) is 18.2 Å². The van der Waals surface area contributed by atoms with Crippen LogP contribution in [-0.2, 0) is 0 Å². The van der Waals surface area contributed by atoms with E-state index in [0.29, 0.717) is 136 Å². The minimum absolute atomic E-state index is 0.144. The molecule has 5 aliphatic rings. The maximum Gasteiger partial charge on any atom is 0.335 e. The number of benzene rings is 5. The Bertz CT molecular complexity index is 3670. The molecule has 0 amide bonds. The minimum atomic E-state index is -1.03. The number of H-pyrrole nitrogens is 2. The van der Waals surface area contributed by atoms with Gasteiger partial charge in [-0.25, -0.2) is 34.7 Å². The number of aromatic carboxylic acids is 1. The molecular weight excluding hydrogens is 833 g/mol. The van der Waals surface area contributed by atoms with Gasteiger partial charge in [0, 0.05) is 85.3 Å². The van der Waals surface area contributed by atoms with Crippen molar-refractivity contribution in [3.05, 3.63) is 84.4 Å². The second-order valence-corrected chi connectivity index (χ2v) is 17.6. The molecule has 0 fully saturated rings. The third-order valence-electron chi connectivity index (χ3n) is 11.5. The van der Waals surface area contributed by atoms with E-state index in [1.165, 1.54) is 12.1 Å². The zero-order valence-corrected chi connectivity index (χ0v) is 35.4. The number of nitrogens with zero attached hydrogens (tertiary/aromatic N) is 6. The Labute approximate surface area is 367 Å². The largest absolute Gasteiger partial charge is 0.478 e. The standard InChI is InChI=1S/C48H34N8O9/c1-46(2)60-31-14-25-26(15-32(31)61-46)41-52-39(25)50-37-23-12-11-22(59-21-9-7-20(8-10-21)45(57)58)13-24(23)38(49-37)51-40-27-16-33-34(63-47(3,4)62-33)17-28(27)42(53-40)55-44-30-19-36-35(64-48(5,6)65-36)18-29(30)43(54-41)56-44/h7-19H,1-6H3,(H,57,58)(H2,49,50,51,52,53,54,55,56). The SMILES string of the molecule is CC1(C)Oc2cc3c(cc2O1)-c1nc-3nc2[nH]c(nc3nc(nc4[nH]c(n1)c1cc5c(cc41)OC(C)(C)O5)-c1cc(Oc4ccc(C(=O)O)cc4)ccc1-3)c1cc3c(cc21)OC(C)(C)O3. The zero-order valence-electron chi connectivity index (χ0n) is 35.4. The van der Waals surface area contributed by atoms with Crippen LogP contribution >= 0.6 is 0 Å². The average Bonchev–Trinajstić information content (AvgIpc) is 4.09. The minimum Gasteiger partial charge on any atom is -0.478 e. The van der Waals surface area contributed by atoms with Crippen LogP contribution in [0.25, 0.3) is 89.7 Å². The van der Waals surface area contributed by atoms with E-state index in [2.05, 4.69) is 9.97 Å². The first-order chi connectivity index (χ1) is 31.1. The first-order valence-electron chi connectivity index (χ1n) is 20.7. The highest BCUT2D eigenvalue weighted by Crippen LogP contribution is 2.49. The predicted octanol–water partition coefficient (Wildman–Crippen LogP) is 9.88. The maximum atomic E-state index is 11.5. The third kappa shape index (κ3) is 5.88. The Kier molecular flexibility index (Phi) is 7.06. The van der Waals surface area contributed by atoms with Crippen molar-refractivity contribution >= 4 is 50.1 Å². The molecule has 0 saturated carbocycles. The Hall–Kier alpha value is -8.47. The molecule has 0 radical (unpaired) electrons. The summed E-state index contributed by atoms with van der Waals surface area (Å²) >= 11 is 0. The fraction of sp³-hybridized carbons (Fsp3) is 0.188. The van der Waals surface area contributed by atoms with Crippen LogP contribution in [0.4, 0.5) is 0 Å². The van der Waals surface area contributed by atoms with Crippen molar-refractivity contribution in [2.45, 2.75) is 58.9 Å². The number of carboxylic acids is 1. The number of aromatic nitrogens is 8. The third-order valence-corrected chi connectivity index (χ3v) is 11.5. The fourth-order valence-corrected chi connectivity index (χ4v) is 8.78. The van der Waals surface area contributed by atoms with E-state index in [4.69, 9.17) is 63.1 Å². The summed E-state index contributed by atoms with van der Waals surface area (Å²) in [5, 5.41) is 12.2. The molecule has 0 unspecified atom stereocenters. The number of ether oxygens (including phenoxy) is 7.